The topological polar surface area (TPSA) is 38.0 Å². The van der Waals surface area contributed by atoms with Gasteiger partial charge in [-0.25, -0.2) is 4.39 Å². The molecular formula is C13H8Br2ClFN2S. The SMILES string of the molecule is NC(=S)c1c(Br)cccc1Nc1c(Cl)cc(F)cc1Br. The highest BCUT2D eigenvalue weighted by Gasteiger charge is 2.13. The van der Waals surface area contributed by atoms with Crippen molar-refractivity contribution in [1.29, 1.82) is 0 Å². The van der Waals surface area contributed by atoms with Gasteiger partial charge in [0.15, 0.2) is 0 Å². The molecule has 0 unspecified atom stereocenters. The summed E-state index contributed by atoms with van der Waals surface area (Å²) in [6, 6.07) is 8.03. The molecule has 0 amide bonds. The smallest absolute Gasteiger partial charge is 0.125 e. The monoisotopic (exact) mass is 436 g/mol. The Balaban J connectivity index is 2.51. The van der Waals surface area contributed by atoms with Crippen LogP contribution in [0.4, 0.5) is 15.8 Å². The number of hydrogen-bond acceptors (Lipinski definition) is 2. The maximum absolute atomic E-state index is 13.2. The van der Waals surface area contributed by atoms with Crippen LogP contribution in [-0.4, -0.2) is 4.99 Å². The molecule has 0 aromatic heterocycles. The van der Waals surface area contributed by atoms with Crippen LogP contribution in [-0.2, 0) is 0 Å². The van der Waals surface area contributed by atoms with Crippen LogP contribution in [0.15, 0.2) is 39.3 Å². The molecule has 0 aliphatic rings. The van der Waals surface area contributed by atoms with Gasteiger partial charge in [-0.05, 0) is 56.1 Å². The van der Waals surface area contributed by atoms with Crippen LogP contribution >= 0.6 is 55.7 Å². The number of thiocarbonyl (C=S) groups is 1. The van der Waals surface area contributed by atoms with Gasteiger partial charge in [0.25, 0.3) is 0 Å². The number of hydrogen-bond donors (Lipinski definition) is 2. The van der Waals surface area contributed by atoms with Gasteiger partial charge in [-0.2, -0.15) is 0 Å². The number of anilines is 2. The summed E-state index contributed by atoms with van der Waals surface area (Å²) in [5.41, 5.74) is 7.61. The van der Waals surface area contributed by atoms with Gasteiger partial charge in [0.1, 0.15) is 10.8 Å². The van der Waals surface area contributed by atoms with Gasteiger partial charge in [0.2, 0.25) is 0 Å². The average molecular weight is 439 g/mol. The zero-order chi connectivity index (χ0) is 14.9. The maximum Gasteiger partial charge on any atom is 0.125 e. The van der Waals surface area contributed by atoms with Crippen molar-refractivity contribution in [2.75, 3.05) is 5.32 Å². The highest BCUT2D eigenvalue weighted by atomic mass is 79.9. The molecule has 2 nitrogen and oxygen atoms in total. The third-order valence-electron chi connectivity index (χ3n) is 2.53. The summed E-state index contributed by atoms with van der Waals surface area (Å²) >= 11 is 17.8. The summed E-state index contributed by atoms with van der Waals surface area (Å²) in [5.74, 6) is -0.420. The molecule has 0 aliphatic carbocycles. The van der Waals surface area contributed by atoms with Crippen molar-refractivity contribution in [3.05, 3.63) is 55.7 Å². The van der Waals surface area contributed by atoms with Crippen LogP contribution in [0.1, 0.15) is 5.56 Å². The molecule has 2 aromatic carbocycles. The molecule has 0 spiro atoms. The third-order valence-corrected chi connectivity index (χ3v) is 4.32. The zero-order valence-electron chi connectivity index (χ0n) is 9.88. The molecule has 20 heavy (non-hydrogen) atoms. The van der Waals surface area contributed by atoms with Gasteiger partial charge in [0, 0.05) is 20.2 Å². The second kappa shape index (κ2) is 6.39. The van der Waals surface area contributed by atoms with Gasteiger partial charge in [0.05, 0.1) is 10.7 Å². The van der Waals surface area contributed by atoms with Crippen molar-refractivity contribution in [1.82, 2.24) is 0 Å². The lowest BCUT2D eigenvalue weighted by molar-refractivity contribution is 0.627. The normalized spacial score (nSPS) is 10.4. The molecule has 104 valence electrons. The number of nitrogens with two attached hydrogens (primary N) is 1. The molecule has 0 fully saturated rings. The first kappa shape index (κ1) is 15.7. The lowest BCUT2D eigenvalue weighted by Gasteiger charge is -2.15. The lowest BCUT2D eigenvalue weighted by Crippen LogP contribution is -2.13. The Morgan fingerprint density at radius 3 is 2.55 bits per heavy atom. The molecule has 3 N–H and O–H groups in total. The lowest BCUT2D eigenvalue weighted by atomic mass is 10.1. The van der Waals surface area contributed by atoms with E-state index in [1.807, 2.05) is 18.2 Å². The first-order chi connectivity index (χ1) is 9.40. The standard InChI is InChI=1S/C13H8Br2ClFN2S/c14-7-2-1-3-10(11(7)13(18)20)19-12-8(15)4-6(17)5-9(12)16/h1-5,19H,(H2,18,20). The summed E-state index contributed by atoms with van der Waals surface area (Å²) in [7, 11) is 0. The minimum Gasteiger partial charge on any atom is -0.389 e. The maximum atomic E-state index is 13.2. The quantitative estimate of drug-likeness (QED) is 0.632. The molecule has 0 saturated carbocycles. The van der Waals surface area contributed by atoms with Gasteiger partial charge >= 0.3 is 0 Å². The molecular weight excluding hydrogens is 430 g/mol. The summed E-state index contributed by atoms with van der Waals surface area (Å²) < 4.78 is 14.5. The third kappa shape index (κ3) is 3.31. The molecule has 2 aromatic rings. The van der Waals surface area contributed by atoms with Crippen molar-refractivity contribution in [2.45, 2.75) is 0 Å². The molecule has 0 atom stereocenters. The fraction of sp³-hybridized carbons (Fsp3) is 0. The molecule has 0 aliphatic heterocycles. The predicted molar refractivity (Wildman–Crippen MR) is 92.4 cm³/mol. The van der Waals surface area contributed by atoms with E-state index >= 15 is 0 Å². The van der Waals surface area contributed by atoms with Crippen molar-refractivity contribution in [2.24, 2.45) is 5.73 Å². The molecule has 2 rings (SSSR count). The van der Waals surface area contributed by atoms with Gasteiger partial charge in [-0.1, -0.05) is 29.9 Å². The summed E-state index contributed by atoms with van der Waals surface area (Å²) in [6.45, 7) is 0. The van der Waals surface area contributed by atoms with E-state index in [-0.39, 0.29) is 10.0 Å². The summed E-state index contributed by atoms with van der Waals surface area (Å²) in [4.78, 5) is 0.245. The van der Waals surface area contributed by atoms with Crippen molar-refractivity contribution >= 4 is 72.0 Å². The van der Waals surface area contributed by atoms with Gasteiger partial charge in [-0.15, -0.1) is 0 Å². The van der Waals surface area contributed by atoms with Crippen molar-refractivity contribution in [3.8, 4) is 0 Å². The highest BCUT2D eigenvalue weighted by Crippen LogP contribution is 2.36. The Morgan fingerprint density at radius 1 is 1.25 bits per heavy atom. The first-order valence-electron chi connectivity index (χ1n) is 5.40. The Bertz CT molecular complexity index is 671. The van der Waals surface area contributed by atoms with Crippen LogP contribution in [0, 0.1) is 5.82 Å². The second-order valence-electron chi connectivity index (χ2n) is 3.90. The molecule has 0 heterocycles. The Hall–Kier alpha value is -0.690. The van der Waals surface area contributed by atoms with E-state index in [1.54, 1.807) is 0 Å². The van der Waals surface area contributed by atoms with Crippen molar-refractivity contribution in [3.63, 3.8) is 0 Å². The largest absolute Gasteiger partial charge is 0.389 e. The number of rotatable bonds is 3. The van der Waals surface area contributed by atoms with Crippen LogP contribution in [0.2, 0.25) is 5.02 Å². The van der Waals surface area contributed by atoms with Crippen LogP contribution in [0.5, 0.6) is 0 Å². The van der Waals surface area contributed by atoms with E-state index in [0.29, 0.717) is 21.4 Å². The first-order valence-corrected chi connectivity index (χ1v) is 7.77. The minimum atomic E-state index is -0.420. The highest BCUT2D eigenvalue weighted by molar-refractivity contribution is 9.11. The minimum absolute atomic E-state index is 0.245. The zero-order valence-corrected chi connectivity index (χ0v) is 14.6. The van der Waals surface area contributed by atoms with Crippen molar-refractivity contribution < 1.29 is 4.39 Å². The average Bonchev–Trinajstić information content (AvgIpc) is 2.33. The van der Waals surface area contributed by atoms with Crippen LogP contribution in [0.3, 0.4) is 0 Å². The predicted octanol–water partition coefficient (Wildman–Crippen LogP) is 5.38. The second-order valence-corrected chi connectivity index (χ2v) is 6.45. The Kier molecular flexibility index (Phi) is 5.01. The van der Waals surface area contributed by atoms with E-state index in [9.17, 15) is 4.39 Å². The Labute approximate surface area is 142 Å². The number of nitrogens with one attached hydrogen (secondary N) is 1. The fourth-order valence-electron chi connectivity index (χ4n) is 1.68. The number of halogens is 4. The van der Waals surface area contributed by atoms with E-state index in [0.717, 1.165) is 4.47 Å². The van der Waals surface area contributed by atoms with E-state index in [4.69, 9.17) is 29.6 Å². The molecule has 0 radical (unpaired) electrons. The van der Waals surface area contributed by atoms with Crippen LogP contribution in [0.25, 0.3) is 0 Å². The molecule has 0 bridgehead atoms. The fourth-order valence-corrected chi connectivity index (χ4v) is 3.50. The van der Waals surface area contributed by atoms with Gasteiger partial charge < -0.3 is 11.1 Å². The van der Waals surface area contributed by atoms with E-state index < -0.39 is 5.82 Å². The summed E-state index contributed by atoms with van der Waals surface area (Å²) in [5, 5.41) is 3.37. The summed E-state index contributed by atoms with van der Waals surface area (Å²) in [6.07, 6.45) is 0. The van der Waals surface area contributed by atoms with E-state index in [1.165, 1.54) is 12.1 Å². The molecule has 0 saturated heterocycles. The van der Waals surface area contributed by atoms with Gasteiger partial charge in [-0.3, -0.25) is 0 Å². The van der Waals surface area contributed by atoms with E-state index in [2.05, 4.69) is 37.2 Å². The number of benzene rings is 2. The molecule has 7 heteroatoms. The van der Waals surface area contributed by atoms with Crippen LogP contribution < -0.4 is 11.1 Å². The Morgan fingerprint density at radius 2 is 1.95 bits per heavy atom.